The van der Waals surface area contributed by atoms with Gasteiger partial charge in [0.15, 0.2) is 11.5 Å². The number of fused-ring (bicyclic) bond motifs is 1. The maximum atomic E-state index is 5.39. The van der Waals surface area contributed by atoms with Crippen LogP contribution in [0.4, 0.5) is 0 Å². The average Bonchev–Trinajstić information content (AvgIpc) is 3.02. The lowest BCUT2D eigenvalue weighted by atomic mass is 10.2. The van der Waals surface area contributed by atoms with Crippen LogP contribution in [0, 0.1) is 0 Å². The van der Waals surface area contributed by atoms with Gasteiger partial charge in [0.05, 0.1) is 38.6 Å². The summed E-state index contributed by atoms with van der Waals surface area (Å²) in [6, 6.07) is 11.4. The van der Waals surface area contributed by atoms with Crippen LogP contribution in [0.1, 0.15) is 5.56 Å². The van der Waals surface area contributed by atoms with Crippen LogP contribution in [0.15, 0.2) is 47.8 Å². The van der Waals surface area contributed by atoms with Crippen molar-refractivity contribution in [3.8, 4) is 17.2 Å². The van der Waals surface area contributed by atoms with Gasteiger partial charge in [-0.1, -0.05) is 12.1 Å². The molecule has 0 saturated carbocycles. The molecule has 0 atom stereocenters. The van der Waals surface area contributed by atoms with E-state index in [-0.39, 0.29) is 0 Å². The number of aromatic nitrogens is 2. The molecule has 0 aliphatic rings. The maximum Gasteiger partial charge on any atom is 0.164 e. The minimum Gasteiger partial charge on any atom is -0.496 e. The van der Waals surface area contributed by atoms with Crippen molar-refractivity contribution in [1.29, 1.82) is 0 Å². The first-order valence-corrected chi connectivity index (χ1v) is 7.03. The highest BCUT2D eigenvalue weighted by Gasteiger charge is 2.10. The number of benzene rings is 2. The van der Waals surface area contributed by atoms with Crippen LogP contribution in [-0.4, -0.2) is 37.2 Å². The van der Waals surface area contributed by atoms with E-state index in [0.29, 0.717) is 17.2 Å². The summed E-state index contributed by atoms with van der Waals surface area (Å²) in [5.74, 6) is 1.87. The molecule has 23 heavy (non-hydrogen) atoms. The lowest BCUT2D eigenvalue weighted by Crippen LogP contribution is -1.97. The van der Waals surface area contributed by atoms with E-state index in [9.17, 15) is 0 Å². The predicted octanol–water partition coefficient (Wildman–Crippen LogP) is 2.94. The molecular formula is C17H17N3O3. The number of rotatable bonds is 5. The van der Waals surface area contributed by atoms with Crippen molar-refractivity contribution < 1.29 is 14.2 Å². The third-order valence-corrected chi connectivity index (χ3v) is 3.49. The predicted molar refractivity (Wildman–Crippen MR) is 88.8 cm³/mol. The largest absolute Gasteiger partial charge is 0.496 e. The Balaban J connectivity index is 2.01. The van der Waals surface area contributed by atoms with Crippen molar-refractivity contribution >= 4 is 17.2 Å². The molecule has 0 N–H and O–H groups in total. The summed E-state index contributed by atoms with van der Waals surface area (Å²) < 4.78 is 17.7. The summed E-state index contributed by atoms with van der Waals surface area (Å²) >= 11 is 0. The lowest BCUT2D eigenvalue weighted by Gasteiger charge is -2.11. The Bertz CT molecular complexity index is 855. The fraction of sp³-hybridized carbons (Fsp3) is 0.176. The second kappa shape index (κ2) is 6.39. The monoisotopic (exact) mass is 311 g/mol. The fourth-order valence-electron chi connectivity index (χ4n) is 2.32. The Morgan fingerprint density at radius 1 is 0.957 bits per heavy atom. The molecule has 1 heterocycles. The van der Waals surface area contributed by atoms with E-state index >= 15 is 0 Å². The van der Waals surface area contributed by atoms with Crippen LogP contribution >= 0.6 is 0 Å². The van der Waals surface area contributed by atoms with Gasteiger partial charge in [0.2, 0.25) is 0 Å². The third-order valence-electron chi connectivity index (χ3n) is 3.49. The molecule has 3 aromatic rings. The van der Waals surface area contributed by atoms with Crippen LogP contribution in [-0.2, 0) is 0 Å². The molecule has 0 saturated heterocycles. The average molecular weight is 311 g/mol. The van der Waals surface area contributed by atoms with Crippen molar-refractivity contribution in [3.63, 3.8) is 0 Å². The molecule has 118 valence electrons. The minimum atomic E-state index is 0.606. The van der Waals surface area contributed by atoms with Gasteiger partial charge in [-0.25, -0.2) is 9.66 Å². The number of methoxy groups -OCH3 is 3. The lowest BCUT2D eigenvalue weighted by molar-refractivity contribution is 0.349. The molecule has 0 bridgehead atoms. The van der Waals surface area contributed by atoms with Crippen LogP contribution in [0.3, 0.4) is 0 Å². The van der Waals surface area contributed by atoms with Gasteiger partial charge in [0.1, 0.15) is 12.1 Å². The quantitative estimate of drug-likeness (QED) is 0.680. The number of nitrogens with zero attached hydrogens (tertiary/aromatic N) is 3. The third kappa shape index (κ3) is 2.83. The molecule has 6 heteroatoms. The number of hydrogen-bond acceptors (Lipinski definition) is 5. The molecule has 0 amide bonds. The van der Waals surface area contributed by atoms with Gasteiger partial charge >= 0.3 is 0 Å². The first-order valence-electron chi connectivity index (χ1n) is 7.03. The van der Waals surface area contributed by atoms with Crippen LogP contribution in [0.2, 0.25) is 0 Å². The summed E-state index contributed by atoms with van der Waals surface area (Å²) in [5.41, 5.74) is 2.61. The van der Waals surface area contributed by atoms with Crippen molar-refractivity contribution in [2.45, 2.75) is 0 Å². The van der Waals surface area contributed by atoms with Gasteiger partial charge in [0.25, 0.3) is 0 Å². The summed E-state index contributed by atoms with van der Waals surface area (Å²) in [4.78, 5) is 4.31. The highest BCUT2D eigenvalue weighted by molar-refractivity contribution is 5.86. The van der Waals surface area contributed by atoms with Gasteiger partial charge < -0.3 is 14.2 Å². The normalized spacial score (nSPS) is 11.1. The van der Waals surface area contributed by atoms with E-state index in [0.717, 1.165) is 16.6 Å². The minimum absolute atomic E-state index is 0.606. The van der Waals surface area contributed by atoms with E-state index < -0.39 is 0 Å². The van der Waals surface area contributed by atoms with Gasteiger partial charge in [-0.05, 0) is 18.2 Å². The molecular weight excluding hydrogens is 294 g/mol. The first kappa shape index (κ1) is 14.9. The van der Waals surface area contributed by atoms with Gasteiger partial charge in [-0.3, -0.25) is 0 Å². The smallest absolute Gasteiger partial charge is 0.164 e. The standard InChI is InChI=1S/C17H17N3O3/c1-21-15-9-17(23-3)16(22-2)8-12(15)10-19-20-11-18-13-6-4-5-7-14(13)20/h4-11H,1-3H3/b19-10-. The molecule has 0 fully saturated rings. The summed E-state index contributed by atoms with van der Waals surface area (Å²) in [6.07, 6.45) is 3.38. The van der Waals surface area contributed by atoms with Crippen molar-refractivity contribution in [1.82, 2.24) is 9.66 Å². The first-order chi connectivity index (χ1) is 11.3. The number of hydrogen-bond donors (Lipinski definition) is 0. The van der Waals surface area contributed by atoms with E-state index in [1.165, 1.54) is 0 Å². The molecule has 3 rings (SSSR count). The fourth-order valence-corrected chi connectivity index (χ4v) is 2.32. The zero-order valence-corrected chi connectivity index (χ0v) is 13.2. The summed E-state index contributed by atoms with van der Waals surface area (Å²) in [7, 11) is 4.78. The molecule has 2 aromatic carbocycles. The summed E-state index contributed by atoms with van der Waals surface area (Å²) in [5, 5.41) is 4.46. The molecule has 0 spiro atoms. The molecule has 0 aliphatic heterocycles. The highest BCUT2D eigenvalue weighted by Crippen LogP contribution is 2.33. The summed E-state index contributed by atoms with van der Waals surface area (Å²) in [6.45, 7) is 0. The molecule has 6 nitrogen and oxygen atoms in total. The van der Waals surface area contributed by atoms with Gasteiger partial charge in [-0.2, -0.15) is 5.10 Å². The SMILES string of the molecule is COc1cc(OC)c(OC)cc1/C=N\n1cnc2ccccc21. The van der Waals surface area contributed by atoms with Crippen LogP contribution in [0.5, 0.6) is 17.2 Å². The van der Waals surface area contributed by atoms with Crippen LogP contribution < -0.4 is 14.2 Å². The molecule has 0 unspecified atom stereocenters. The van der Waals surface area contributed by atoms with E-state index in [1.54, 1.807) is 44.6 Å². The van der Waals surface area contributed by atoms with Crippen molar-refractivity contribution in [2.24, 2.45) is 5.10 Å². The Morgan fingerprint density at radius 2 is 1.65 bits per heavy atom. The molecule has 1 aromatic heterocycles. The van der Waals surface area contributed by atoms with E-state index in [1.807, 2.05) is 30.3 Å². The molecule has 0 aliphatic carbocycles. The number of ether oxygens (including phenoxy) is 3. The Labute approximate surface area is 133 Å². The topological polar surface area (TPSA) is 57.9 Å². The van der Waals surface area contributed by atoms with Gasteiger partial charge in [0, 0.05) is 11.6 Å². The van der Waals surface area contributed by atoms with Crippen LogP contribution in [0.25, 0.3) is 11.0 Å². The number of imidazole rings is 1. The Kier molecular flexibility index (Phi) is 4.14. The van der Waals surface area contributed by atoms with Crippen molar-refractivity contribution in [2.75, 3.05) is 21.3 Å². The van der Waals surface area contributed by atoms with E-state index in [2.05, 4.69) is 10.1 Å². The maximum absolute atomic E-state index is 5.39. The number of para-hydroxylation sites is 2. The highest BCUT2D eigenvalue weighted by atomic mass is 16.5. The molecule has 0 radical (unpaired) electrons. The second-order valence-electron chi connectivity index (χ2n) is 4.77. The second-order valence-corrected chi connectivity index (χ2v) is 4.77. The zero-order chi connectivity index (χ0) is 16.2. The Hall–Kier alpha value is -3.02. The Morgan fingerprint density at radius 3 is 2.39 bits per heavy atom. The van der Waals surface area contributed by atoms with E-state index in [4.69, 9.17) is 14.2 Å². The zero-order valence-electron chi connectivity index (χ0n) is 13.2. The van der Waals surface area contributed by atoms with Crippen molar-refractivity contribution in [3.05, 3.63) is 48.3 Å². The van der Waals surface area contributed by atoms with Gasteiger partial charge in [-0.15, -0.1) is 0 Å².